The fourth-order valence-electron chi connectivity index (χ4n) is 3.49. The Bertz CT molecular complexity index is 1020. The van der Waals surface area contributed by atoms with Crippen molar-refractivity contribution in [1.29, 1.82) is 0 Å². The first-order valence-electron chi connectivity index (χ1n) is 8.99. The predicted molar refractivity (Wildman–Crippen MR) is 111 cm³/mol. The molecule has 140 valence electrons. The van der Waals surface area contributed by atoms with Crippen molar-refractivity contribution in [2.75, 3.05) is 31.1 Å². The van der Waals surface area contributed by atoms with E-state index in [1.165, 1.54) is 10.4 Å². The number of hydrogen-bond donors (Lipinski definition) is 0. The van der Waals surface area contributed by atoms with Crippen LogP contribution in [-0.2, 0) is 0 Å². The van der Waals surface area contributed by atoms with Crippen molar-refractivity contribution in [3.05, 3.63) is 51.1 Å². The summed E-state index contributed by atoms with van der Waals surface area (Å²) in [5.74, 6) is 1.77. The molecule has 7 heteroatoms. The van der Waals surface area contributed by atoms with Gasteiger partial charge in [-0.25, -0.2) is 9.97 Å². The Morgan fingerprint density at radius 2 is 1.78 bits per heavy atom. The Balaban J connectivity index is 1.57. The third-order valence-electron chi connectivity index (χ3n) is 5.09. The van der Waals surface area contributed by atoms with Crippen molar-refractivity contribution < 1.29 is 4.79 Å². The number of halogens is 1. The molecule has 1 aliphatic heterocycles. The minimum absolute atomic E-state index is 0.00757. The van der Waals surface area contributed by atoms with E-state index in [0.717, 1.165) is 34.9 Å². The Kier molecular flexibility index (Phi) is 4.78. The van der Waals surface area contributed by atoms with Gasteiger partial charge < -0.3 is 9.80 Å². The molecule has 0 bridgehead atoms. The largest absolute Gasteiger partial charge is 0.352 e. The molecule has 0 unspecified atom stereocenters. The zero-order chi connectivity index (χ0) is 19.1. The molecule has 1 amide bonds. The lowest BCUT2D eigenvalue weighted by molar-refractivity contribution is 0.0747. The van der Waals surface area contributed by atoms with Gasteiger partial charge in [-0.15, -0.1) is 11.3 Å². The van der Waals surface area contributed by atoms with Gasteiger partial charge in [0, 0.05) is 31.1 Å². The van der Waals surface area contributed by atoms with E-state index in [1.54, 1.807) is 23.5 Å². The van der Waals surface area contributed by atoms with Crippen molar-refractivity contribution in [2.24, 2.45) is 0 Å². The minimum Gasteiger partial charge on any atom is -0.352 e. The van der Waals surface area contributed by atoms with Gasteiger partial charge in [-0.05, 0) is 38.5 Å². The number of aromatic nitrogens is 2. The molecule has 1 aliphatic rings. The highest BCUT2D eigenvalue weighted by molar-refractivity contribution is 7.18. The lowest BCUT2D eigenvalue weighted by Crippen LogP contribution is -2.49. The molecular weight excluding hydrogens is 380 g/mol. The van der Waals surface area contributed by atoms with Crippen LogP contribution in [0.1, 0.15) is 26.6 Å². The van der Waals surface area contributed by atoms with Crippen molar-refractivity contribution in [1.82, 2.24) is 14.9 Å². The Labute approximate surface area is 167 Å². The number of amides is 1. The van der Waals surface area contributed by atoms with E-state index in [4.69, 9.17) is 16.6 Å². The molecule has 2 aromatic heterocycles. The van der Waals surface area contributed by atoms with E-state index in [1.807, 2.05) is 24.0 Å². The molecule has 3 heterocycles. The summed E-state index contributed by atoms with van der Waals surface area (Å²) >= 11 is 7.91. The van der Waals surface area contributed by atoms with Crippen LogP contribution >= 0.6 is 22.9 Å². The van der Waals surface area contributed by atoms with Gasteiger partial charge in [-0.3, -0.25) is 4.79 Å². The first-order valence-corrected chi connectivity index (χ1v) is 10.2. The molecular formula is C20H21ClN4OS. The van der Waals surface area contributed by atoms with Crippen molar-refractivity contribution in [3.8, 4) is 0 Å². The molecule has 0 spiro atoms. The van der Waals surface area contributed by atoms with Crippen LogP contribution in [0.3, 0.4) is 0 Å². The van der Waals surface area contributed by atoms with Gasteiger partial charge in [0.1, 0.15) is 16.5 Å². The summed E-state index contributed by atoms with van der Waals surface area (Å²) in [6.45, 7) is 8.98. The zero-order valence-corrected chi connectivity index (χ0v) is 17.2. The van der Waals surface area contributed by atoms with Crippen LogP contribution in [0.15, 0.2) is 24.3 Å². The second kappa shape index (κ2) is 7.09. The smallest absolute Gasteiger partial charge is 0.255 e. The summed E-state index contributed by atoms with van der Waals surface area (Å²) in [5.41, 5.74) is 1.82. The number of nitrogens with zero attached hydrogens (tertiary/aromatic N) is 4. The molecule has 0 N–H and O–H groups in total. The van der Waals surface area contributed by atoms with Gasteiger partial charge in [0.05, 0.1) is 16.0 Å². The minimum atomic E-state index is -0.00757. The summed E-state index contributed by atoms with van der Waals surface area (Å²) < 4.78 is 0. The van der Waals surface area contributed by atoms with E-state index in [2.05, 4.69) is 23.7 Å². The molecule has 5 nitrogen and oxygen atoms in total. The highest BCUT2D eigenvalue weighted by Gasteiger charge is 2.26. The highest BCUT2D eigenvalue weighted by Crippen LogP contribution is 2.35. The predicted octanol–water partition coefficient (Wildman–Crippen LogP) is 4.23. The third-order valence-corrected chi connectivity index (χ3v) is 6.52. The fourth-order valence-corrected chi connectivity index (χ4v) is 4.77. The van der Waals surface area contributed by atoms with E-state index in [0.29, 0.717) is 23.7 Å². The van der Waals surface area contributed by atoms with E-state index < -0.39 is 0 Å². The van der Waals surface area contributed by atoms with E-state index in [9.17, 15) is 4.79 Å². The molecule has 0 atom stereocenters. The van der Waals surface area contributed by atoms with Crippen LogP contribution in [0.25, 0.3) is 10.2 Å². The maximum Gasteiger partial charge on any atom is 0.255 e. The summed E-state index contributed by atoms with van der Waals surface area (Å²) in [7, 11) is 0. The second-order valence-electron chi connectivity index (χ2n) is 6.82. The van der Waals surface area contributed by atoms with E-state index in [-0.39, 0.29) is 5.91 Å². The monoisotopic (exact) mass is 400 g/mol. The normalized spacial score (nSPS) is 14.8. The van der Waals surface area contributed by atoms with Crippen LogP contribution in [0, 0.1) is 20.8 Å². The number of anilines is 1. The van der Waals surface area contributed by atoms with Crippen molar-refractivity contribution >= 4 is 44.9 Å². The molecule has 0 radical (unpaired) electrons. The molecule has 1 saturated heterocycles. The summed E-state index contributed by atoms with van der Waals surface area (Å²) in [6, 6.07) is 7.22. The molecule has 1 aromatic carbocycles. The maximum absolute atomic E-state index is 12.8. The van der Waals surface area contributed by atoms with E-state index >= 15 is 0 Å². The molecule has 1 fully saturated rings. The van der Waals surface area contributed by atoms with Gasteiger partial charge in [0.2, 0.25) is 0 Å². The second-order valence-corrected chi connectivity index (χ2v) is 8.43. The van der Waals surface area contributed by atoms with Crippen molar-refractivity contribution in [3.63, 3.8) is 0 Å². The van der Waals surface area contributed by atoms with Crippen LogP contribution in [0.4, 0.5) is 5.82 Å². The summed E-state index contributed by atoms with van der Waals surface area (Å²) in [4.78, 5) is 28.6. The molecule has 3 aromatic rings. The number of fused-ring (bicyclic) bond motifs is 1. The van der Waals surface area contributed by atoms with Crippen molar-refractivity contribution in [2.45, 2.75) is 20.8 Å². The van der Waals surface area contributed by atoms with Crippen LogP contribution < -0.4 is 4.90 Å². The Morgan fingerprint density at radius 3 is 2.48 bits per heavy atom. The highest BCUT2D eigenvalue weighted by atomic mass is 35.5. The van der Waals surface area contributed by atoms with Crippen LogP contribution in [0.5, 0.6) is 0 Å². The number of carbonyl (C=O) groups excluding carboxylic acids is 1. The summed E-state index contributed by atoms with van der Waals surface area (Å²) in [5, 5.41) is 1.65. The molecule has 0 saturated carbocycles. The zero-order valence-electron chi connectivity index (χ0n) is 15.6. The SMILES string of the molecule is Cc1nc(N2CCN(C(=O)c3ccccc3Cl)CC2)c2c(C)c(C)sc2n1. The lowest BCUT2D eigenvalue weighted by atomic mass is 10.1. The number of carbonyl (C=O) groups is 1. The number of hydrogen-bond acceptors (Lipinski definition) is 5. The van der Waals surface area contributed by atoms with Gasteiger partial charge in [-0.2, -0.15) is 0 Å². The van der Waals surface area contributed by atoms with Gasteiger partial charge in [-0.1, -0.05) is 23.7 Å². The lowest BCUT2D eigenvalue weighted by Gasteiger charge is -2.36. The number of benzene rings is 1. The third kappa shape index (κ3) is 3.28. The van der Waals surface area contributed by atoms with Crippen LogP contribution in [0.2, 0.25) is 5.02 Å². The first kappa shape index (κ1) is 18.2. The van der Waals surface area contributed by atoms with Gasteiger partial charge in [0.15, 0.2) is 0 Å². The standard InChI is InChI=1S/C20H21ClN4OS/c1-12-13(2)27-19-17(12)18(22-14(3)23-19)24-8-10-25(11-9-24)20(26)15-6-4-5-7-16(15)21/h4-7H,8-11H2,1-3H3. The fraction of sp³-hybridized carbons (Fsp3) is 0.350. The Hall–Kier alpha value is -2.18. The topological polar surface area (TPSA) is 49.3 Å². The summed E-state index contributed by atoms with van der Waals surface area (Å²) in [6.07, 6.45) is 0. The quantitative estimate of drug-likeness (QED) is 0.645. The number of piperazine rings is 1. The number of rotatable bonds is 2. The number of thiophene rings is 1. The average Bonchev–Trinajstić information content (AvgIpc) is 2.95. The average molecular weight is 401 g/mol. The number of aryl methyl sites for hydroxylation is 3. The molecule has 4 rings (SSSR count). The van der Waals surface area contributed by atoms with Crippen LogP contribution in [-0.4, -0.2) is 47.0 Å². The first-order chi connectivity index (χ1) is 13.0. The molecule has 0 aliphatic carbocycles. The maximum atomic E-state index is 12.8. The van der Waals surface area contributed by atoms with Gasteiger partial charge >= 0.3 is 0 Å². The Morgan fingerprint density at radius 1 is 1.07 bits per heavy atom. The van der Waals surface area contributed by atoms with Gasteiger partial charge in [0.25, 0.3) is 5.91 Å². The molecule has 27 heavy (non-hydrogen) atoms.